The zero-order valence-electron chi connectivity index (χ0n) is 20.9. The van der Waals surface area contributed by atoms with Gasteiger partial charge in [0.15, 0.2) is 0 Å². The van der Waals surface area contributed by atoms with Gasteiger partial charge in [0.25, 0.3) is 11.5 Å². The van der Waals surface area contributed by atoms with Crippen LogP contribution in [0.25, 0.3) is 0 Å². The van der Waals surface area contributed by atoms with Gasteiger partial charge in [-0.3, -0.25) is 9.59 Å². The minimum Gasteiger partial charge on any atom is -0.598 e. The van der Waals surface area contributed by atoms with E-state index in [4.69, 9.17) is 27.9 Å². The standard InChI is InChI=1S/C25H32Cl2N4O4S/c1-6-11-35-21-13-19(27)18(26)12-17(21)23(29-36(34)25(2,3)4)16-7-9-31(10-8-16)24(33)20-15-30(5)22(32)14-28-20/h6,12-16,23,29H,1,7-11H2,2-5H3/t23-,36+/m1/s1. The highest BCUT2D eigenvalue weighted by Crippen LogP contribution is 2.41. The molecule has 0 radical (unpaired) electrons. The second kappa shape index (κ2) is 12.0. The monoisotopic (exact) mass is 554 g/mol. The van der Waals surface area contributed by atoms with Crippen molar-refractivity contribution >= 4 is 40.5 Å². The number of ether oxygens (including phenoxy) is 1. The number of hydrogen-bond donors (Lipinski definition) is 1. The molecule has 1 N–H and O–H groups in total. The van der Waals surface area contributed by atoms with Crippen molar-refractivity contribution in [3.8, 4) is 5.75 Å². The van der Waals surface area contributed by atoms with Crippen LogP contribution in [-0.4, -0.2) is 49.4 Å². The number of likely N-dealkylation sites (tertiary alicyclic amines) is 1. The van der Waals surface area contributed by atoms with Crippen LogP contribution in [0.15, 0.2) is 42.0 Å². The summed E-state index contributed by atoms with van der Waals surface area (Å²) < 4.78 is 23.2. The first-order chi connectivity index (χ1) is 16.9. The molecule has 0 aliphatic carbocycles. The number of carbonyl (C=O) groups excluding carboxylic acids is 1. The van der Waals surface area contributed by atoms with Crippen molar-refractivity contribution in [2.45, 2.75) is 44.4 Å². The van der Waals surface area contributed by atoms with Gasteiger partial charge in [-0.25, -0.2) is 4.98 Å². The molecule has 0 bridgehead atoms. The summed E-state index contributed by atoms with van der Waals surface area (Å²) in [5, 5.41) is 0.736. The molecule has 1 fully saturated rings. The fourth-order valence-electron chi connectivity index (χ4n) is 3.97. The van der Waals surface area contributed by atoms with Gasteiger partial charge in [-0.2, -0.15) is 0 Å². The molecule has 196 valence electrons. The summed E-state index contributed by atoms with van der Waals surface area (Å²) in [6, 6.07) is 3.07. The Hall–Kier alpha value is -2.04. The molecule has 1 aromatic carbocycles. The molecule has 0 unspecified atom stereocenters. The summed E-state index contributed by atoms with van der Waals surface area (Å²) in [5.74, 6) is 0.355. The van der Waals surface area contributed by atoms with Crippen LogP contribution in [0, 0.1) is 5.92 Å². The minimum absolute atomic E-state index is 0.0387. The Kier molecular flexibility index (Phi) is 9.51. The number of benzene rings is 1. The first-order valence-electron chi connectivity index (χ1n) is 11.6. The third-order valence-electron chi connectivity index (χ3n) is 6.03. The van der Waals surface area contributed by atoms with Gasteiger partial charge < -0.3 is 18.8 Å². The number of amides is 1. The van der Waals surface area contributed by atoms with Gasteiger partial charge in [0.1, 0.15) is 22.8 Å². The van der Waals surface area contributed by atoms with Gasteiger partial charge in [0, 0.05) is 49.3 Å². The zero-order valence-corrected chi connectivity index (χ0v) is 23.3. The van der Waals surface area contributed by atoms with E-state index in [2.05, 4.69) is 16.3 Å². The molecule has 1 saturated heterocycles. The predicted molar refractivity (Wildman–Crippen MR) is 144 cm³/mol. The average Bonchev–Trinajstić information content (AvgIpc) is 2.83. The number of nitrogens with zero attached hydrogens (tertiary/aromatic N) is 3. The fraction of sp³-hybridized carbons (Fsp3) is 0.480. The number of rotatable bonds is 8. The first-order valence-corrected chi connectivity index (χ1v) is 13.6. The van der Waals surface area contributed by atoms with Crippen LogP contribution in [0.5, 0.6) is 5.75 Å². The molecule has 1 aliphatic heterocycles. The highest BCUT2D eigenvalue weighted by atomic mass is 35.5. The van der Waals surface area contributed by atoms with E-state index in [9.17, 15) is 14.1 Å². The molecule has 36 heavy (non-hydrogen) atoms. The number of nitrogens with one attached hydrogen (secondary N) is 1. The van der Waals surface area contributed by atoms with E-state index < -0.39 is 16.1 Å². The maximum absolute atomic E-state index is 13.2. The van der Waals surface area contributed by atoms with Crippen molar-refractivity contribution in [3.63, 3.8) is 0 Å². The van der Waals surface area contributed by atoms with Crippen LogP contribution in [0.1, 0.15) is 55.7 Å². The Morgan fingerprint density at radius 3 is 2.56 bits per heavy atom. The predicted octanol–water partition coefficient (Wildman–Crippen LogP) is 4.30. The topological polar surface area (TPSA) is 99.5 Å². The van der Waals surface area contributed by atoms with Crippen molar-refractivity contribution in [3.05, 3.63) is 68.8 Å². The molecule has 2 aromatic rings. The third kappa shape index (κ3) is 6.83. The molecule has 2 heterocycles. The lowest BCUT2D eigenvalue weighted by atomic mass is 9.85. The lowest BCUT2D eigenvalue weighted by molar-refractivity contribution is 0.0667. The van der Waals surface area contributed by atoms with Gasteiger partial charge in [-0.05, 0) is 45.6 Å². The van der Waals surface area contributed by atoms with Gasteiger partial charge >= 0.3 is 0 Å². The molecular weight excluding hydrogens is 523 g/mol. The summed E-state index contributed by atoms with van der Waals surface area (Å²) in [4.78, 5) is 30.4. The molecule has 3 rings (SSSR count). The van der Waals surface area contributed by atoms with Crippen LogP contribution < -0.4 is 15.0 Å². The minimum atomic E-state index is -1.37. The van der Waals surface area contributed by atoms with E-state index in [1.54, 1.807) is 30.2 Å². The number of aromatic nitrogens is 2. The van der Waals surface area contributed by atoms with Crippen molar-refractivity contribution in [1.29, 1.82) is 0 Å². The highest BCUT2D eigenvalue weighted by Gasteiger charge is 2.37. The van der Waals surface area contributed by atoms with Crippen molar-refractivity contribution in [2.24, 2.45) is 13.0 Å². The maximum Gasteiger partial charge on any atom is 0.273 e. The molecule has 8 nitrogen and oxygen atoms in total. The average molecular weight is 556 g/mol. The van der Waals surface area contributed by atoms with E-state index in [0.717, 1.165) is 11.8 Å². The normalized spacial score (nSPS) is 16.5. The van der Waals surface area contributed by atoms with Crippen molar-refractivity contribution in [2.75, 3.05) is 19.7 Å². The largest absolute Gasteiger partial charge is 0.598 e. The smallest absolute Gasteiger partial charge is 0.273 e. The molecular formula is C25H32Cl2N4O4S. The Morgan fingerprint density at radius 2 is 1.97 bits per heavy atom. The SMILES string of the molecule is C=CCOc1cc(Cl)c(Cl)cc1[C@H](N[S@@+]([O-])C(C)(C)C)C1CCN(C(=O)c2cn(C)c(=O)cn2)CC1. The Labute approximate surface area is 224 Å². The van der Waals surface area contributed by atoms with Gasteiger partial charge in [0.2, 0.25) is 0 Å². The van der Waals surface area contributed by atoms with Crippen LogP contribution in [0.4, 0.5) is 0 Å². The second-order valence-corrected chi connectivity index (χ2v) is 12.5. The Bertz CT molecular complexity index is 1160. The van der Waals surface area contributed by atoms with Crippen LogP contribution in [0.2, 0.25) is 10.0 Å². The molecule has 11 heteroatoms. The third-order valence-corrected chi connectivity index (χ3v) is 8.33. The van der Waals surface area contributed by atoms with Crippen molar-refractivity contribution in [1.82, 2.24) is 19.2 Å². The quantitative estimate of drug-likeness (QED) is 0.385. The van der Waals surface area contributed by atoms with Gasteiger partial charge in [-0.15, -0.1) is 4.72 Å². The van der Waals surface area contributed by atoms with Crippen LogP contribution in [-0.2, 0) is 18.4 Å². The number of aryl methyl sites for hydroxylation is 1. The van der Waals surface area contributed by atoms with Crippen molar-refractivity contribution < 1.29 is 14.1 Å². The second-order valence-electron chi connectivity index (χ2n) is 9.73. The van der Waals surface area contributed by atoms with E-state index in [-0.39, 0.29) is 35.7 Å². The Balaban J connectivity index is 1.87. The number of halogens is 2. The summed E-state index contributed by atoms with van der Waals surface area (Å²) in [6.07, 6.45) is 5.54. The van der Waals surface area contributed by atoms with E-state index >= 15 is 0 Å². The molecule has 1 amide bonds. The summed E-state index contributed by atoms with van der Waals surface area (Å²) >= 11 is 11.3. The number of carbonyl (C=O) groups is 1. The molecule has 1 aliphatic rings. The number of hydrogen-bond acceptors (Lipinski definition) is 6. The lowest BCUT2D eigenvalue weighted by Crippen LogP contribution is -2.46. The highest BCUT2D eigenvalue weighted by molar-refractivity contribution is 7.90. The number of piperidine rings is 1. The summed E-state index contributed by atoms with van der Waals surface area (Å²) in [6.45, 7) is 10.7. The van der Waals surface area contributed by atoms with Crippen LogP contribution >= 0.6 is 23.2 Å². The molecule has 0 spiro atoms. The Morgan fingerprint density at radius 1 is 1.33 bits per heavy atom. The molecule has 0 saturated carbocycles. The molecule has 2 atom stereocenters. The summed E-state index contributed by atoms with van der Waals surface area (Å²) in [7, 11) is 1.59. The van der Waals surface area contributed by atoms with E-state index in [1.165, 1.54) is 10.8 Å². The maximum atomic E-state index is 13.2. The first kappa shape index (κ1) is 28.5. The van der Waals surface area contributed by atoms with E-state index in [1.807, 2.05) is 20.8 Å². The van der Waals surface area contributed by atoms with Gasteiger partial charge in [0.05, 0.1) is 22.3 Å². The van der Waals surface area contributed by atoms with E-state index in [0.29, 0.717) is 41.7 Å². The fourth-order valence-corrected chi connectivity index (χ4v) is 5.20. The lowest BCUT2D eigenvalue weighted by Gasteiger charge is -2.38. The zero-order chi connectivity index (χ0) is 26.6. The van der Waals surface area contributed by atoms with Gasteiger partial charge in [-0.1, -0.05) is 35.9 Å². The van der Waals surface area contributed by atoms with Crippen LogP contribution in [0.3, 0.4) is 0 Å². The molecule has 1 aromatic heterocycles. The summed E-state index contributed by atoms with van der Waals surface area (Å²) in [5.41, 5.74) is 0.708.